The fraction of sp³-hybridized carbons (Fsp3) is 0.429. The summed E-state index contributed by atoms with van der Waals surface area (Å²) in [7, 11) is 0. The molecule has 1 aliphatic heterocycles. The van der Waals surface area contributed by atoms with Crippen molar-refractivity contribution in [2.75, 3.05) is 13.1 Å². The van der Waals surface area contributed by atoms with Gasteiger partial charge in [0.15, 0.2) is 5.11 Å². The summed E-state index contributed by atoms with van der Waals surface area (Å²) in [5.74, 6) is -0.224. The topological polar surface area (TPSA) is 41.6 Å². The van der Waals surface area contributed by atoms with Crippen LogP contribution in [0, 0.1) is 0 Å². The summed E-state index contributed by atoms with van der Waals surface area (Å²) in [5, 5.41) is 3.78. The molecule has 1 saturated heterocycles. The number of nitrogens with zero attached hydrogens (tertiary/aromatic N) is 1. The lowest BCUT2D eigenvalue weighted by atomic mass is 10.2. The molecule has 6 heteroatoms. The van der Waals surface area contributed by atoms with Crippen LogP contribution in [0.15, 0.2) is 24.3 Å². The lowest BCUT2D eigenvalue weighted by molar-refractivity contribution is -0.0481. The summed E-state index contributed by atoms with van der Waals surface area (Å²) in [5.41, 5.74) is 0.533. The molecule has 1 aromatic carbocycles. The van der Waals surface area contributed by atoms with Crippen LogP contribution >= 0.6 is 23.8 Å². The lowest BCUT2D eigenvalue weighted by Gasteiger charge is -2.36. The van der Waals surface area contributed by atoms with E-state index in [0.717, 1.165) is 0 Å². The number of benzene rings is 1. The number of amides is 1. The summed E-state index contributed by atoms with van der Waals surface area (Å²) in [6.07, 6.45) is 0.202. The third-order valence-electron chi connectivity index (χ3n) is 3.03. The van der Waals surface area contributed by atoms with Gasteiger partial charge in [-0.15, -0.1) is 0 Å². The first-order chi connectivity index (χ1) is 9.45. The van der Waals surface area contributed by atoms with Gasteiger partial charge in [-0.05, 0) is 50.3 Å². The molecule has 0 bridgehead atoms. The number of hydrogen-bond donors (Lipinski definition) is 1. The largest absolute Gasteiger partial charge is 0.372 e. The van der Waals surface area contributed by atoms with Crippen molar-refractivity contribution in [1.82, 2.24) is 10.2 Å². The predicted molar refractivity (Wildman–Crippen MR) is 83.1 cm³/mol. The molecule has 1 heterocycles. The van der Waals surface area contributed by atoms with Crippen molar-refractivity contribution >= 4 is 34.8 Å². The van der Waals surface area contributed by atoms with E-state index in [1.807, 2.05) is 18.7 Å². The monoisotopic (exact) mass is 312 g/mol. The molecular weight excluding hydrogens is 296 g/mol. The number of thiocarbonyl (C=S) groups is 1. The van der Waals surface area contributed by atoms with Gasteiger partial charge in [-0.25, -0.2) is 0 Å². The van der Waals surface area contributed by atoms with Crippen LogP contribution in [0.2, 0.25) is 5.02 Å². The molecule has 0 unspecified atom stereocenters. The molecule has 1 fully saturated rings. The van der Waals surface area contributed by atoms with Gasteiger partial charge in [-0.1, -0.05) is 11.6 Å². The molecule has 2 rings (SSSR count). The van der Waals surface area contributed by atoms with Gasteiger partial charge in [-0.3, -0.25) is 10.1 Å². The average molecular weight is 313 g/mol. The highest BCUT2D eigenvalue weighted by molar-refractivity contribution is 7.80. The number of halogens is 1. The maximum Gasteiger partial charge on any atom is 0.257 e. The Bertz CT molecular complexity index is 496. The minimum absolute atomic E-state index is 0.101. The van der Waals surface area contributed by atoms with Crippen LogP contribution in [0.5, 0.6) is 0 Å². The van der Waals surface area contributed by atoms with Crippen molar-refractivity contribution in [3.63, 3.8) is 0 Å². The van der Waals surface area contributed by atoms with E-state index >= 15 is 0 Å². The van der Waals surface area contributed by atoms with E-state index in [4.69, 9.17) is 28.6 Å². The summed E-state index contributed by atoms with van der Waals surface area (Å²) >= 11 is 11.1. The van der Waals surface area contributed by atoms with Gasteiger partial charge in [0.1, 0.15) is 0 Å². The van der Waals surface area contributed by atoms with Crippen molar-refractivity contribution in [2.45, 2.75) is 26.1 Å². The smallest absolute Gasteiger partial charge is 0.257 e. The highest BCUT2D eigenvalue weighted by atomic mass is 35.5. The van der Waals surface area contributed by atoms with Gasteiger partial charge in [0.05, 0.1) is 12.2 Å². The van der Waals surface area contributed by atoms with E-state index in [2.05, 4.69) is 5.32 Å². The molecule has 108 valence electrons. The standard InChI is InChI=1S/C14H17ClN2O2S/c1-9-7-17(8-10(2)19-9)14(20)16-13(18)11-3-5-12(15)6-4-11/h3-6,9-10H,7-8H2,1-2H3,(H,16,18,20)/t9-,10+. The Labute approximate surface area is 129 Å². The van der Waals surface area contributed by atoms with Crippen LogP contribution in [0.3, 0.4) is 0 Å². The second-order valence-corrected chi connectivity index (χ2v) is 5.75. The van der Waals surface area contributed by atoms with E-state index in [-0.39, 0.29) is 18.1 Å². The van der Waals surface area contributed by atoms with Crippen LogP contribution in [0.4, 0.5) is 0 Å². The van der Waals surface area contributed by atoms with E-state index in [1.54, 1.807) is 24.3 Å². The van der Waals surface area contributed by atoms with E-state index in [0.29, 0.717) is 28.8 Å². The van der Waals surface area contributed by atoms with Crippen molar-refractivity contribution in [2.24, 2.45) is 0 Å². The SMILES string of the molecule is C[C@@H]1CN(C(=S)NC(=O)c2ccc(Cl)cc2)C[C@H](C)O1. The van der Waals surface area contributed by atoms with Gasteiger partial charge in [0.25, 0.3) is 5.91 Å². The first-order valence-corrected chi connectivity index (χ1v) is 7.25. The zero-order chi connectivity index (χ0) is 14.7. The molecule has 1 aromatic rings. The van der Waals surface area contributed by atoms with E-state index in [1.165, 1.54) is 0 Å². The molecule has 20 heavy (non-hydrogen) atoms. The third kappa shape index (κ3) is 3.91. The molecule has 0 saturated carbocycles. The quantitative estimate of drug-likeness (QED) is 0.809. The van der Waals surface area contributed by atoms with Crippen LogP contribution in [0.25, 0.3) is 0 Å². The number of hydrogen-bond acceptors (Lipinski definition) is 3. The average Bonchev–Trinajstić information content (AvgIpc) is 2.38. The summed E-state index contributed by atoms with van der Waals surface area (Å²) in [4.78, 5) is 14.0. The number of morpholine rings is 1. The van der Waals surface area contributed by atoms with Gasteiger partial charge < -0.3 is 9.64 Å². The third-order valence-corrected chi connectivity index (χ3v) is 3.65. The number of ether oxygens (including phenoxy) is 1. The predicted octanol–water partition coefficient (Wildman–Crippen LogP) is 2.46. The second kappa shape index (κ2) is 6.52. The molecule has 2 atom stereocenters. The second-order valence-electron chi connectivity index (χ2n) is 4.93. The molecule has 1 aliphatic rings. The molecule has 1 N–H and O–H groups in total. The van der Waals surface area contributed by atoms with Gasteiger partial charge in [-0.2, -0.15) is 0 Å². The Morgan fingerprint density at radius 1 is 1.30 bits per heavy atom. The minimum Gasteiger partial charge on any atom is -0.372 e. The van der Waals surface area contributed by atoms with Crippen LogP contribution in [0.1, 0.15) is 24.2 Å². The maximum absolute atomic E-state index is 12.1. The molecule has 0 aliphatic carbocycles. The molecule has 1 amide bonds. The number of carbonyl (C=O) groups is 1. The number of carbonyl (C=O) groups excluding carboxylic acids is 1. The fourth-order valence-electron chi connectivity index (χ4n) is 2.19. The first kappa shape index (κ1) is 15.2. The normalized spacial score (nSPS) is 22.4. The van der Waals surface area contributed by atoms with Crippen molar-refractivity contribution in [1.29, 1.82) is 0 Å². The minimum atomic E-state index is -0.224. The van der Waals surface area contributed by atoms with Crippen molar-refractivity contribution in [3.8, 4) is 0 Å². The Kier molecular flexibility index (Phi) is 4.96. The van der Waals surface area contributed by atoms with E-state index < -0.39 is 0 Å². The van der Waals surface area contributed by atoms with Gasteiger partial charge in [0, 0.05) is 23.7 Å². The van der Waals surface area contributed by atoms with Crippen LogP contribution < -0.4 is 5.32 Å². The van der Waals surface area contributed by atoms with E-state index in [9.17, 15) is 4.79 Å². The van der Waals surface area contributed by atoms with Crippen molar-refractivity contribution < 1.29 is 9.53 Å². The van der Waals surface area contributed by atoms with Gasteiger partial charge in [0.2, 0.25) is 0 Å². The summed E-state index contributed by atoms with van der Waals surface area (Å²) < 4.78 is 5.64. The van der Waals surface area contributed by atoms with Crippen LogP contribution in [-0.4, -0.2) is 41.2 Å². The Morgan fingerprint density at radius 2 is 1.85 bits per heavy atom. The molecular formula is C14H17ClN2O2S. The Morgan fingerprint density at radius 3 is 2.40 bits per heavy atom. The maximum atomic E-state index is 12.1. The highest BCUT2D eigenvalue weighted by Gasteiger charge is 2.24. The Hall–Kier alpha value is -1.17. The molecule has 0 spiro atoms. The van der Waals surface area contributed by atoms with Gasteiger partial charge >= 0.3 is 0 Å². The highest BCUT2D eigenvalue weighted by Crippen LogP contribution is 2.12. The molecule has 0 aromatic heterocycles. The number of rotatable bonds is 1. The summed E-state index contributed by atoms with van der Waals surface area (Å²) in [6.45, 7) is 5.35. The number of nitrogens with one attached hydrogen (secondary N) is 1. The summed E-state index contributed by atoms with van der Waals surface area (Å²) in [6, 6.07) is 6.70. The molecule has 4 nitrogen and oxygen atoms in total. The van der Waals surface area contributed by atoms with Crippen LogP contribution in [-0.2, 0) is 4.74 Å². The first-order valence-electron chi connectivity index (χ1n) is 6.47. The fourth-order valence-corrected chi connectivity index (χ4v) is 2.56. The Balaban J connectivity index is 1.97. The lowest BCUT2D eigenvalue weighted by Crippen LogP contribution is -2.52. The zero-order valence-electron chi connectivity index (χ0n) is 11.4. The zero-order valence-corrected chi connectivity index (χ0v) is 13.0. The van der Waals surface area contributed by atoms with Crippen molar-refractivity contribution in [3.05, 3.63) is 34.9 Å². The molecule has 0 radical (unpaired) electrons.